The minimum absolute atomic E-state index is 0.00147. The molecule has 0 aliphatic carbocycles. The fourth-order valence-electron chi connectivity index (χ4n) is 2.11. The summed E-state index contributed by atoms with van der Waals surface area (Å²) >= 11 is 7.08. The molecule has 5 nitrogen and oxygen atoms in total. The fourth-order valence-corrected chi connectivity index (χ4v) is 3.13. The fraction of sp³-hybridized carbons (Fsp3) is 0.692. The Kier molecular flexibility index (Phi) is 5.77. The number of halogens is 1. The maximum Gasteiger partial charge on any atom is 0.196 e. The van der Waals surface area contributed by atoms with Crippen LogP contribution in [0.5, 0.6) is 0 Å². The van der Waals surface area contributed by atoms with Crippen molar-refractivity contribution >= 4 is 33.9 Å². The number of anilines is 1. The normalized spacial score (nSPS) is 16.9. The second kappa shape index (κ2) is 7.36. The van der Waals surface area contributed by atoms with Gasteiger partial charge in [-0.1, -0.05) is 0 Å². The molecule has 20 heavy (non-hydrogen) atoms. The molecule has 1 aromatic heterocycles. The molecular weight excluding hydrogens is 296 g/mol. The van der Waals surface area contributed by atoms with Crippen LogP contribution < -0.4 is 4.90 Å². The number of hydrogen-bond donors (Lipinski definition) is 0. The maximum atomic E-state index is 11.5. The minimum Gasteiger partial charge on any atom is -0.346 e. The summed E-state index contributed by atoms with van der Waals surface area (Å²) < 4.78 is 0. The number of rotatable bonds is 6. The monoisotopic (exact) mass is 316 g/mol. The summed E-state index contributed by atoms with van der Waals surface area (Å²) in [4.78, 5) is 22.8. The van der Waals surface area contributed by atoms with Crippen molar-refractivity contribution in [3.8, 4) is 0 Å². The zero-order valence-corrected chi connectivity index (χ0v) is 13.6. The number of alkyl halides is 1. The van der Waals surface area contributed by atoms with Gasteiger partial charge < -0.3 is 9.80 Å². The van der Waals surface area contributed by atoms with E-state index in [-0.39, 0.29) is 11.7 Å². The smallest absolute Gasteiger partial charge is 0.196 e. The largest absolute Gasteiger partial charge is 0.346 e. The molecule has 0 spiro atoms. The van der Waals surface area contributed by atoms with E-state index in [9.17, 15) is 4.79 Å². The SMILES string of the molecule is CN(C)CCN1CCN(c2nc(C(=O)CCl)cs2)CC1. The van der Waals surface area contributed by atoms with E-state index in [4.69, 9.17) is 11.6 Å². The third kappa shape index (κ3) is 4.15. The summed E-state index contributed by atoms with van der Waals surface area (Å²) in [7, 11) is 4.20. The lowest BCUT2D eigenvalue weighted by Gasteiger charge is -2.35. The van der Waals surface area contributed by atoms with Crippen molar-refractivity contribution in [2.75, 3.05) is 64.1 Å². The van der Waals surface area contributed by atoms with E-state index >= 15 is 0 Å². The maximum absolute atomic E-state index is 11.5. The van der Waals surface area contributed by atoms with Crippen molar-refractivity contribution in [1.82, 2.24) is 14.8 Å². The van der Waals surface area contributed by atoms with E-state index in [1.165, 1.54) is 11.3 Å². The standard InChI is InChI=1S/C13H21ClN4OS/c1-16(2)3-4-17-5-7-18(8-6-17)13-15-11(10-20-13)12(19)9-14/h10H,3-9H2,1-2H3. The van der Waals surface area contributed by atoms with E-state index in [0.29, 0.717) is 5.69 Å². The zero-order valence-electron chi connectivity index (χ0n) is 12.0. The number of ketones is 1. The van der Waals surface area contributed by atoms with Crippen molar-refractivity contribution in [3.05, 3.63) is 11.1 Å². The quantitative estimate of drug-likeness (QED) is 0.583. The summed E-state index contributed by atoms with van der Waals surface area (Å²) in [5, 5.41) is 2.74. The molecule has 1 aromatic rings. The molecule has 1 aliphatic rings. The summed E-state index contributed by atoms with van der Waals surface area (Å²) in [6.07, 6.45) is 0. The molecular formula is C13H21ClN4OS. The number of likely N-dealkylation sites (N-methyl/N-ethyl adjacent to an activating group) is 1. The van der Waals surface area contributed by atoms with E-state index < -0.39 is 0 Å². The van der Waals surface area contributed by atoms with Gasteiger partial charge in [0.05, 0.1) is 5.88 Å². The van der Waals surface area contributed by atoms with Crippen molar-refractivity contribution in [1.29, 1.82) is 0 Å². The average molecular weight is 317 g/mol. The lowest BCUT2D eigenvalue weighted by Crippen LogP contribution is -2.48. The van der Waals surface area contributed by atoms with Gasteiger partial charge in [-0.25, -0.2) is 4.98 Å². The number of nitrogens with zero attached hydrogens (tertiary/aromatic N) is 4. The molecule has 0 bridgehead atoms. The first-order chi connectivity index (χ1) is 9.60. The summed E-state index contributed by atoms with van der Waals surface area (Å²) in [6.45, 7) is 6.23. The number of Topliss-reactive ketones (excluding diaryl/α,β-unsaturated/α-hetero) is 1. The Morgan fingerprint density at radius 3 is 2.70 bits per heavy atom. The predicted molar refractivity (Wildman–Crippen MR) is 84.4 cm³/mol. The third-order valence-electron chi connectivity index (χ3n) is 3.41. The molecule has 2 heterocycles. The molecule has 112 valence electrons. The van der Waals surface area contributed by atoms with Crippen molar-refractivity contribution < 1.29 is 4.79 Å². The highest BCUT2D eigenvalue weighted by Gasteiger charge is 2.20. The molecule has 0 N–H and O–H groups in total. The first-order valence-electron chi connectivity index (χ1n) is 6.77. The van der Waals surface area contributed by atoms with E-state index in [2.05, 4.69) is 33.8 Å². The van der Waals surface area contributed by atoms with Crippen molar-refractivity contribution in [2.24, 2.45) is 0 Å². The van der Waals surface area contributed by atoms with Crippen LogP contribution in [0.25, 0.3) is 0 Å². The first kappa shape index (κ1) is 15.7. The Bertz CT molecular complexity index is 443. The molecule has 0 aromatic carbocycles. The molecule has 7 heteroatoms. The summed E-state index contributed by atoms with van der Waals surface area (Å²) in [6, 6.07) is 0. The molecule has 0 amide bonds. The molecule has 0 radical (unpaired) electrons. The van der Waals surface area contributed by atoms with E-state index in [1.54, 1.807) is 5.38 Å². The Morgan fingerprint density at radius 1 is 1.40 bits per heavy atom. The third-order valence-corrected chi connectivity index (χ3v) is 4.55. The lowest BCUT2D eigenvalue weighted by molar-refractivity contribution is 0.101. The number of thiazole rings is 1. The van der Waals surface area contributed by atoms with Gasteiger partial charge in [-0.05, 0) is 14.1 Å². The second-order valence-corrected chi connectivity index (χ2v) is 6.31. The zero-order chi connectivity index (χ0) is 14.5. The van der Waals surface area contributed by atoms with Crippen LogP contribution in [-0.4, -0.2) is 79.8 Å². The van der Waals surface area contributed by atoms with E-state index in [1.807, 2.05) is 0 Å². The average Bonchev–Trinajstić information content (AvgIpc) is 2.94. The van der Waals surface area contributed by atoms with Crippen LogP contribution in [0.15, 0.2) is 5.38 Å². The number of carbonyl (C=O) groups is 1. The van der Waals surface area contributed by atoms with Crippen LogP contribution in [0, 0.1) is 0 Å². The van der Waals surface area contributed by atoms with Crippen LogP contribution >= 0.6 is 22.9 Å². The second-order valence-electron chi connectivity index (χ2n) is 5.20. The van der Waals surface area contributed by atoms with E-state index in [0.717, 1.165) is 44.4 Å². The minimum atomic E-state index is -0.0983. The van der Waals surface area contributed by atoms with Gasteiger partial charge in [0.2, 0.25) is 0 Å². The first-order valence-corrected chi connectivity index (χ1v) is 8.18. The number of piperazine rings is 1. The van der Waals surface area contributed by atoms with Crippen molar-refractivity contribution in [3.63, 3.8) is 0 Å². The van der Waals surface area contributed by atoms with Gasteiger partial charge >= 0.3 is 0 Å². The van der Waals surface area contributed by atoms with Gasteiger partial charge in [-0.15, -0.1) is 22.9 Å². The number of aromatic nitrogens is 1. The van der Waals surface area contributed by atoms with Gasteiger partial charge in [0.1, 0.15) is 5.69 Å². The highest BCUT2D eigenvalue weighted by molar-refractivity contribution is 7.14. The van der Waals surface area contributed by atoms with Crippen LogP contribution in [0.1, 0.15) is 10.5 Å². The molecule has 2 rings (SSSR count). The van der Waals surface area contributed by atoms with Gasteiger partial charge in [0, 0.05) is 44.6 Å². The van der Waals surface area contributed by atoms with Gasteiger partial charge in [-0.3, -0.25) is 9.69 Å². The van der Waals surface area contributed by atoms with Gasteiger partial charge in [0.25, 0.3) is 0 Å². The summed E-state index contributed by atoms with van der Waals surface area (Å²) in [5.74, 6) is -0.0969. The number of hydrogen-bond acceptors (Lipinski definition) is 6. The topological polar surface area (TPSA) is 39.7 Å². The number of carbonyl (C=O) groups excluding carboxylic acids is 1. The molecule has 0 saturated carbocycles. The van der Waals surface area contributed by atoms with Crippen LogP contribution in [0.4, 0.5) is 5.13 Å². The summed E-state index contributed by atoms with van der Waals surface area (Å²) in [5.41, 5.74) is 0.495. The Balaban J connectivity index is 1.84. The molecule has 1 fully saturated rings. The molecule has 0 atom stereocenters. The molecule has 0 unspecified atom stereocenters. The predicted octanol–water partition coefficient (Wildman–Crippen LogP) is 1.25. The van der Waals surface area contributed by atoms with Crippen LogP contribution in [0.2, 0.25) is 0 Å². The van der Waals surface area contributed by atoms with Gasteiger partial charge in [0.15, 0.2) is 10.9 Å². The Labute approximate surface area is 129 Å². The van der Waals surface area contributed by atoms with Gasteiger partial charge in [-0.2, -0.15) is 0 Å². The molecule has 1 saturated heterocycles. The molecule has 1 aliphatic heterocycles. The van der Waals surface area contributed by atoms with Crippen molar-refractivity contribution in [2.45, 2.75) is 0 Å². The van der Waals surface area contributed by atoms with Crippen LogP contribution in [-0.2, 0) is 0 Å². The Morgan fingerprint density at radius 2 is 2.10 bits per heavy atom. The highest BCUT2D eigenvalue weighted by Crippen LogP contribution is 2.22. The Hall–Kier alpha value is -0.690. The highest BCUT2D eigenvalue weighted by atomic mass is 35.5. The van der Waals surface area contributed by atoms with Crippen LogP contribution in [0.3, 0.4) is 0 Å². The lowest BCUT2D eigenvalue weighted by atomic mass is 10.3.